The van der Waals surface area contributed by atoms with Gasteiger partial charge in [-0.3, -0.25) is 13.9 Å². The van der Waals surface area contributed by atoms with Crippen molar-refractivity contribution in [1.29, 1.82) is 0 Å². The van der Waals surface area contributed by atoms with E-state index in [9.17, 15) is 30.7 Å². The minimum Gasteiger partial charge on any atom is -0.457 e. The lowest BCUT2D eigenvalue weighted by molar-refractivity contribution is 0.103. The first-order valence-electron chi connectivity index (χ1n) is 16.0. The fourth-order valence-corrected chi connectivity index (χ4v) is 7.17. The molecule has 6 aromatic carbocycles. The molecule has 0 amide bonds. The van der Waals surface area contributed by atoms with Crippen molar-refractivity contribution in [2.45, 2.75) is 35.0 Å². The number of carbonyl (C=O) groups excluding carboxylic acids is 1. The summed E-state index contributed by atoms with van der Waals surface area (Å²) in [6, 6.07) is 42.8. The van der Waals surface area contributed by atoms with Gasteiger partial charge in [0.1, 0.15) is 11.5 Å². The lowest BCUT2D eigenvalue weighted by Gasteiger charge is -2.37. The van der Waals surface area contributed by atoms with E-state index in [-0.39, 0.29) is 15.6 Å². The van der Waals surface area contributed by atoms with Gasteiger partial charge < -0.3 is 4.74 Å². The molecule has 51 heavy (non-hydrogen) atoms. The first kappa shape index (κ1) is 35.4. The average molecular weight is 719 g/mol. The van der Waals surface area contributed by atoms with Crippen LogP contribution in [0.1, 0.15) is 63.5 Å². The molecule has 0 radical (unpaired) electrons. The lowest BCUT2D eigenvalue weighted by atomic mass is 9.65. The minimum atomic E-state index is -4.47. The molecule has 258 valence electrons. The highest BCUT2D eigenvalue weighted by molar-refractivity contribution is 7.86. The summed E-state index contributed by atoms with van der Waals surface area (Å²) in [7, 11) is -8.94. The van der Waals surface area contributed by atoms with Crippen LogP contribution in [0.5, 0.6) is 11.5 Å². The van der Waals surface area contributed by atoms with Gasteiger partial charge >= 0.3 is 0 Å². The van der Waals surface area contributed by atoms with Crippen molar-refractivity contribution in [2.75, 3.05) is 0 Å². The third kappa shape index (κ3) is 7.40. The molecule has 0 heterocycles. The molecule has 0 aliphatic heterocycles. The second-order valence-electron chi connectivity index (χ2n) is 12.4. The monoisotopic (exact) mass is 718 g/mol. The van der Waals surface area contributed by atoms with Crippen molar-refractivity contribution in [3.8, 4) is 11.5 Å². The summed E-state index contributed by atoms with van der Waals surface area (Å²) >= 11 is 0. The quantitative estimate of drug-likeness (QED) is 0.0772. The van der Waals surface area contributed by atoms with Crippen molar-refractivity contribution >= 4 is 26.0 Å². The Kier molecular flexibility index (Phi) is 9.79. The zero-order chi connectivity index (χ0) is 36.4. The summed E-state index contributed by atoms with van der Waals surface area (Å²) in [6.45, 7) is 4.20. The molecule has 2 N–H and O–H groups in total. The molecule has 0 saturated carbocycles. The molecule has 0 atom stereocenters. The smallest absolute Gasteiger partial charge is 0.294 e. The van der Waals surface area contributed by atoms with Gasteiger partial charge in [-0.25, -0.2) is 0 Å². The Hall–Kier alpha value is -5.39. The molecule has 0 unspecified atom stereocenters. The van der Waals surface area contributed by atoms with Crippen LogP contribution in [0.2, 0.25) is 0 Å². The third-order valence-electron chi connectivity index (χ3n) is 8.86. The van der Waals surface area contributed by atoms with Crippen LogP contribution >= 0.6 is 0 Å². The molecule has 0 aliphatic rings. The topological polar surface area (TPSA) is 135 Å². The zero-order valence-corrected chi connectivity index (χ0v) is 29.3. The number of ketones is 1. The normalized spacial score (nSPS) is 12.1. The second-order valence-corrected chi connectivity index (χ2v) is 15.2. The predicted octanol–water partition coefficient (Wildman–Crippen LogP) is 8.71. The van der Waals surface area contributed by atoms with Crippen LogP contribution in [0.15, 0.2) is 161 Å². The molecule has 8 nitrogen and oxygen atoms in total. The highest BCUT2D eigenvalue weighted by Crippen LogP contribution is 2.46. The molecular formula is C41H34O8S2. The van der Waals surface area contributed by atoms with Gasteiger partial charge in [-0.15, -0.1) is 0 Å². The van der Waals surface area contributed by atoms with Crippen LogP contribution in [0.3, 0.4) is 0 Å². The van der Waals surface area contributed by atoms with E-state index in [0.717, 1.165) is 16.7 Å². The maximum Gasteiger partial charge on any atom is 0.294 e. The molecule has 0 fully saturated rings. The maximum absolute atomic E-state index is 13.1. The van der Waals surface area contributed by atoms with Gasteiger partial charge in [0.05, 0.1) is 15.2 Å². The van der Waals surface area contributed by atoms with Crippen LogP contribution in [0, 0.1) is 0 Å². The van der Waals surface area contributed by atoms with Crippen molar-refractivity contribution in [3.05, 3.63) is 191 Å². The molecule has 0 spiro atoms. The summed E-state index contributed by atoms with van der Waals surface area (Å²) in [5.41, 5.74) is 3.91. The summed E-state index contributed by atoms with van der Waals surface area (Å²) in [6.07, 6.45) is 0. The first-order valence-corrected chi connectivity index (χ1v) is 18.9. The molecule has 10 heteroatoms. The Bertz CT molecular complexity index is 2290. The number of hydrogen-bond acceptors (Lipinski definition) is 6. The van der Waals surface area contributed by atoms with E-state index in [1.54, 1.807) is 60.7 Å². The van der Waals surface area contributed by atoms with E-state index in [1.807, 2.05) is 66.7 Å². The van der Waals surface area contributed by atoms with Gasteiger partial charge in [0.25, 0.3) is 20.2 Å². The Morgan fingerprint density at radius 2 is 0.863 bits per heavy atom. The van der Waals surface area contributed by atoms with E-state index in [4.69, 9.17) is 4.74 Å². The van der Waals surface area contributed by atoms with Crippen LogP contribution in [-0.2, 0) is 25.7 Å². The van der Waals surface area contributed by atoms with E-state index in [1.165, 1.54) is 24.3 Å². The Balaban J connectivity index is 1.38. The van der Waals surface area contributed by atoms with Crippen LogP contribution in [0.4, 0.5) is 0 Å². The number of carbonyl (C=O) groups is 1. The van der Waals surface area contributed by atoms with Crippen molar-refractivity contribution in [1.82, 2.24) is 0 Å². The van der Waals surface area contributed by atoms with Gasteiger partial charge in [0.2, 0.25) is 0 Å². The van der Waals surface area contributed by atoms with Crippen LogP contribution < -0.4 is 4.74 Å². The molecule has 0 aromatic heterocycles. The van der Waals surface area contributed by atoms with Gasteiger partial charge in [-0.05, 0) is 94.4 Å². The van der Waals surface area contributed by atoms with Gasteiger partial charge in [-0.1, -0.05) is 105 Å². The molecular weight excluding hydrogens is 685 g/mol. The fourth-order valence-electron chi connectivity index (χ4n) is 6.21. The van der Waals surface area contributed by atoms with E-state index in [2.05, 4.69) is 13.8 Å². The third-order valence-corrected chi connectivity index (χ3v) is 10.6. The number of ether oxygens (including phenoxy) is 1. The summed E-state index contributed by atoms with van der Waals surface area (Å²) in [5, 5.41) is 0. The molecule has 6 aromatic rings. The Morgan fingerprint density at radius 3 is 1.25 bits per heavy atom. The number of benzene rings is 6. The summed E-state index contributed by atoms with van der Waals surface area (Å²) in [4.78, 5) is 12.5. The van der Waals surface area contributed by atoms with Crippen molar-refractivity contribution < 1.29 is 35.5 Å². The van der Waals surface area contributed by atoms with Gasteiger partial charge in [0, 0.05) is 11.1 Å². The largest absolute Gasteiger partial charge is 0.457 e. The van der Waals surface area contributed by atoms with Crippen LogP contribution in [0.25, 0.3) is 0 Å². The molecule has 0 bridgehead atoms. The highest BCUT2D eigenvalue weighted by atomic mass is 32.2. The minimum absolute atomic E-state index is 0.0901. The van der Waals surface area contributed by atoms with Gasteiger partial charge in [-0.2, -0.15) is 16.8 Å². The first-order chi connectivity index (χ1) is 24.3. The van der Waals surface area contributed by atoms with E-state index >= 15 is 0 Å². The zero-order valence-electron chi connectivity index (χ0n) is 27.7. The lowest BCUT2D eigenvalue weighted by Crippen LogP contribution is -2.31. The maximum atomic E-state index is 13.1. The number of hydrogen-bond donors (Lipinski definition) is 2. The molecule has 0 aliphatic carbocycles. The molecule has 6 rings (SSSR count). The standard InChI is InChI=1S/C41H34O8S2/c1-28(2)29-8-10-30(11-9-29)40(42)31-12-20-36(21-13-31)49-37-22-14-33(15-23-37)41(32-6-4-3-5-7-32,34-16-24-38(25-17-34)50(43,44)45)35-18-26-39(27-19-35)51(46,47)48/h3-28H,1-2H3,(H,43,44,45)(H,46,47,48). The summed E-state index contributed by atoms with van der Waals surface area (Å²) in [5.74, 6) is 1.30. The Morgan fingerprint density at radius 1 is 0.510 bits per heavy atom. The predicted molar refractivity (Wildman–Crippen MR) is 195 cm³/mol. The van der Waals surface area contributed by atoms with E-state index < -0.39 is 25.7 Å². The van der Waals surface area contributed by atoms with Crippen molar-refractivity contribution in [2.24, 2.45) is 0 Å². The Labute approximate surface area is 297 Å². The SMILES string of the molecule is CC(C)c1ccc(C(=O)c2ccc(Oc3ccc(C(c4ccccc4)(c4ccc(S(=O)(=O)O)cc4)c4ccc(S(=O)(=O)O)cc4)cc3)cc2)cc1. The number of rotatable bonds is 11. The molecule has 0 saturated heterocycles. The second kappa shape index (κ2) is 14.1. The van der Waals surface area contributed by atoms with Crippen molar-refractivity contribution in [3.63, 3.8) is 0 Å². The van der Waals surface area contributed by atoms with Gasteiger partial charge in [0.15, 0.2) is 5.78 Å². The van der Waals surface area contributed by atoms with E-state index in [0.29, 0.717) is 39.7 Å². The fraction of sp³-hybridized carbons (Fsp3) is 0.0976. The average Bonchev–Trinajstić information content (AvgIpc) is 3.13. The summed E-state index contributed by atoms with van der Waals surface area (Å²) < 4.78 is 73.2. The highest BCUT2D eigenvalue weighted by Gasteiger charge is 2.39. The van der Waals surface area contributed by atoms with Crippen LogP contribution in [-0.4, -0.2) is 31.7 Å².